The molecule has 0 atom stereocenters. The highest BCUT2D eigenvalue weighted by Crippen LogP contribution is 2.19. The monoisotopic (exact) mass is 446 g/mol. The highest BCUT2D eigenvalue weighted by atomic mass is 127. The number of hydrogen-bond donors (Lipinski definition) is 0. The lowest BCUT2D eigenvalue weighted by Gasteiger charge is -2.11. The maximum absolute atomic E-state index is 5.30. The average molecular weight is 446 g/mol. The summed E-state index contributed by atoms with van der Waals surface area (Å²) in [5.74, 6) is 0.881. The third-order valence-electron chi connectivity index (χ3n) is 4.27. The van der Waals surface area contributed by atoms with Crippen molar-refractivity contribution < 1.29 is 33.3 Å². The van der Waals surface area contributed by atoms with Crippen LogP contribution < -0.4 is 38.2 Å². The highest BCUT2D eigenvalue weighted by Gasteiger charge is 2.10. The number of aromatic nitrogens is 1. The zero-order valence-corrected chi connectivity index (χ0v) is 17.2. The number of anilines is 1. The van der Waals surface area contributed by atoms with Gasteiger partial charge in [-0.3, -0.25) is 0 Å². The van der Waals surface area contributed by atoms with E-state index >= 15 is 0 Å². The number of benzene rings is 2. The maximum Gasteiger partial charge on any atom is 0.212 e. The molecule has 0 saturated heterocycles. The number of pyridine rings is 1. The van der Waals surface area contributed by atoms with Crippen LogP contribution in [0.25, 0.3) is 23.1 Å². The molecule has 0 spiro atoms. The molecule has 0 aliphatic carbocycles. The van der Waals surface area contributed by atoms with Crippen LogP contribution in [0.2, 0.25) is 0 Å². The zero-order valence-electron chi connectivity index (χ0n) is 15.0. The Morgan fingerprint density at radius 2 is 1.64 bits per heavy atom. The highest BCUT2D eigenvalue weighted by molar-refractivity contribution is 5.79. The Morgan fingerprint density at radius 1 is 0.920 bits per heavy atom. The summed E-state index contributed by atoms with van der Waals surface area (Å²) in [5.41, 5.74) is 4.73. The van der Waals surface area contributed by atoms with Crippen molar-refractivity contribution in [2.75, 3.05) is 26.1 Å². The van der Waals surface area contributed by atoms with Crippen molar-refractivity contribution in [1.29, 1.82) is 0 Å². The molecule has 2 aromatic carbocycles. The van der Waals surface area contributed by atoms with Gasteiger partial charge in [-0.15, -0.1) is 0 Å². The summed E-state index contributed by atoms with van der Waals surface area (Å²) in [4.78, 5) is 2.10. The van der Waals surface area contributed by atoms with E-state index in [1.54, 1.807) is 7.11 Å². The van der Waals surface area contributed by atoms with E-state index in [1.807, 2.05) is 6.07 Å². The minimum absolute atomic E-state index is 0. The molecule has 0 aliphatic rings. The largest absolute Gasteiger partial charge is 1.00 e. The lowest BCUT2D eigenvalue weighted by molar-refractivity contribution is -0.646. The fourth-order valence-corrected chi connectivity index (χ4v) is 2.76. The van der Waals surface area contributed by atoms with Crippen LogP contribution in [0, 0.1) is 0 Å². The maximum atomic E-state index is 5.30. The van der Waals surface area contributed by atoms with Crippen LogP contribution in [-0.4, -0.2) is 21.2 Å². The second-order valence-electron chi connectivity index (χ2n) is 6.06. The Hall–Kier alpha value is -2.08. The Labute approximate surface area is 166 Å². The molecule has 25 heavy (non-hydrogen) atoms. The van der Waals surface area contributed by atoms with Gasteiger partial charge in [0.15, 0.2) is 0 Å². The van der Waals surface area contributed by atoms with Crippen LogP contribution in [0.15, 0.2) is 54.6 Å². The molecule has 0 radical (unpaired) electrons. The first kappa shape index (κ1) is 19.2. The second-order valence-corrected chi connectivity index (χ2v) is 6.06. The first-order valence-electron chi connectivity index (χ1n) is 8.01. The molecule has 3 aromatic rings. The zero-order chi connectivity index (χ0) is 17.1. The molecule has 0 bridgehead atoms. The summed E-state index contributed by atoms with van der Waals surface area (Å²) in [6, 6.07) is 18.9. The van der Waals surface area contributed by atoms with E-state index < -0.39 is 0 Å². The van der Waals surface area contributed by atoms with Crippen molar-refractivity contribution in [3.8, 4) is 5.75 Å². The molecule has 0 amide bonds. The fourth-order valence-electron chi connectivity index (χ4n) is 2.76. The normalized spacial score (nSPS) is 10.7. The van der Waals surface area contributed by atoms with Gasteiger partial charge in [0.1, 0.15) is 12.8 Å². The van der Waals surface area contributed by atoms with Crippen molar-refractivity contribution in [1.82, 2.24) is 0 Å². The van der Waals surface area contributed by atoms with Crippen molar-refractivity contribution in [2.24, 2.45) is 7.05 Å². The van der Waals surface area contributed by atoms with Gasteiger partial charge >= 0.3 is 0 Å². The summed E-state index contributed by atoms with van der Waals surface area (Å²) >= 11 is 0. The number of ether oxygens (including phenoxy) is 1. The summed E-state index contributed by atoms with van der Waals surface area (Å²) in [6.45, 7) is 0. The minimum atomic E-state index is 0. The molecule has 0 saturated carbocycles. The predicted octanol–water partition coefficient (Wildman–Crippen LogP) is 0.913. The molecule has 130 valence electrons. The smallest absolute Gasteiger partial charge is 0.212 e. The van der Waals surface area contributed by atoms with E-state index in [0.717, 1.165) is 11.4 Å². The molecule has 1 aromatic heterocycles. The van der Waals surface area contributed by atoms with Gasteiger partial charge in [0.25, 0.3) is 0 Å². The number of nitrogens with zero attached hydrogens (tertiary/aromatic N) is 2. The van der Waals surface area contributed by atoms with Gasteiger partial charge in [-0.25, -0.2) is 0 Å². The van der Waals surface area contributed by atoms with Gasteiger partial charge in [0, 0.05) is 38.0 Å². The Bertz CT molecular complexity index is 886. The topological polar surface area (TPSA) is 16.4 Å². The Morgan fingerprint density at radius 3 is 2.28 bits per heavy atom. The Balaban J connectivity index is 0.00000225. The molecule has 0 N–H and O–H groups in total. The number of halogens is 1. The number of methoxy groups -OCH3 is 1. The number of fused-ring (bicyclic) bond motifs is 1. The quantitative estimate of drug-likeness (QED) is 0.438. The van der Waals surface area contributed by atoms with E-state index in [-0.39, 0.29) is 24.0 Å². The minimum Gasteiger partial charge on any atom is -1.00 e. The second kappa shape index (κ2) is 8.34. The van der Waals surface area contributed by atoms with Crippen LogP contribution in [0.1, 0.15) is 11.3 Å². The van der Waals surface area contributed by atoms with Gasteiger partial charge in [0.05, 0.1) is 12.5 Å². The molecular weight excluding hydrogens is 423 g/mol. The lowest BCUT2D eigenvalue weighted by atomic mass is 10.1. The first-order chi connectivity index (χ1) is 11.6. The Kier molecular flexibility index (Phi) is 6.42. The van der Waals surface area contributed by atoms with E-state index in [0.29, 0.717) is 0 Å². The van der Waals surface area contributed by atoms with Gasteiger partial charge < -0.3 is 33.6 Å². The van der Waals surface area contributed by atoms with Gasteiger partial charge in [-0.05, 0) is 42.0 Å². The summed E-state index contributed by atoms with van der Waals surface area (Å²) < 4.78 is 7.49. The van der Waals surface area contributed by atoms with E-state index in [2.05, 4.69) is 91.3 Å². The van der Waals surface area contributed by atoms with E-state index in [9.17, 15) is 0 Å². The van der Waals surface area contributed by atoms with Crippen molar-refractivity contribution >= 4 is 28.7 Å². The molecule has 4 heteroatoms. The molecule has 1 heterocycles. The molecule has 0 unspecified atom stereocenters. The van der Waals surface area contributed by atoms with Gasteiger partial charge in [-0.1, -0.05) is 12.1 Å². The van der Waals surface area contributed by atoms with Gasteiger partial charge in [-0.2, -0.15) is 4.57 Å². The van der Waals surface area contributed by atoms with Gasteiger partial charge in [0.2, 0.25) is 11.2 Å². The molecule has 0 aliphatic heterocycles. The van der Waals surface area contributed by atoms with Crippen molar-refractivity contribution in [3.05, 3.63) is 65.9 Å². The fraction of sp³-hybridized carbons (Fsp3) is 0.190. The predicted molar refractivity (Wildman–Crippen MR) is 101 cm³/mol. The molecular formula is C21H23IN2O. The SMILES string of the molecule is COc1ccc2c(ccc(/C=C/c3ccc(N(C)C)cc3)[n+]2C)c1.[I-]. The summed E-state index contributed by atoms with van der Waals surface area (Å²) in [6.07, 6.45) is 4.29. The van der Waals surface area contributed by atoms with Crippen LogP contribution in [-0.2, 0) is 7.05 Å². The van der Waals surface area contributed by atoms with Crippen molar-refractivity contribution in [3.63, 3.8) is 0 Å². The van der Waals surface area contributed by atoms with Crippen LogP contribution in [0.3, 0.4) is 0 Å². The van der Waals surface area contributed by atoms with Crippen LogP contribution in [0.5, 0.6) is 5.75 Å². The standard InChI is InChI=1S/C21H23N2O.HI/c1-22(2)18-9-5-16(6-10-18)7-11-19-12-8-17-15-20(24-4)13-14-21(17)23(19)3;/h5-15H,1-4H3;1H/q+1;/p-1. The third-order valence-corrected chi connectivity index (χ3v) is 4.27. The first-order valence-corrected chi connectivity index (χ1v) is 8.01. The average Bonchev–Trinajstić information content (AvgIpc) is 2.61. The number of hydrogen-bond acceptors (Lipinski definition) is 2. The number of aryl methyl sites for hydroxylation is 1. The molecule has 0 fully saturated rings. The number of rotatable bonds is 4. The third kappa shape index (κ3) is 4.31. The summed E-state index contributed by atoms with van der Waals surface area (Å²) in [5, 5.41) is 1.17. The van der Waals surface area contributed by atoms with E-state index in [1.165, 1.54) is 22.2 Å². The molecule has 3 nitrogen and oxygen atoms in total. The van der Waals surface area contributed by atoms with Crippen molar-refractivity contribution in [2.45, 2.75) is 0 Å². The van der Waals surface area contributed by atoms with Crippen LogP contribution in [0.4, 0.5) is 5.69 Å². The summed E-state index contributed by atoms with van der Waals surface area (Å²) in [7, 11) is 7.88. The van der Waals surface area contributed by atoms with E-state index in [4.69, 9.17) is 4.74 Å². The van der Waals surface area contributed by atoms with Crippen LogP contribution >= 0.6 is 0 Å². The molecule has 3 rings (SSSR count). The lowest BCUT2D eigenvalue weighted by Crippen LogP contribution is -3.00.